The molecule has 1 aliphatic carbocycles. The molecule has 1 saturated carbocycles. The van der Waals surface area contributed by atoms with E-state index in [0.717, 1.165) is 24.8 Å². The number of carbonyl (C=O) groups is 5. The Hall–Kier alpha value is -3.89. The highest BCUT2D eigenvalue weighted by Gasteiger charge is 2.62. The number of carboxylic acids is 1. The van der Waals surface area contributed by atoms with Crippen LogP contribution in [0.1, 0.15) is 64.9 Å². The Morgan fingerprint density at radius 3 is 2.52 bits per heavy atom. The van der Waals surface area contributed by atoms with Gasteiger partial charge >= 0.3 is 12.1 Å². The number of carbonyl (C=O) groups excluding carboxylic acids is 4. The maximum absolute atomic E-state index is 14.2. The van der Waals surface area contributed by atoms with Gasteiger partial charge in [0.15, 0.2) is 0 Å². The van der Waals surface area contributed by atoms with Gasteiger partial charge in [0.1, 0.15) is 23.2 Å². The van der Waals surface area contributed by atoms with Crippen LogP contribution in [-0.2, 0) is 30.3 Å². The number of rotatable bonds is 4. The van der Waals surface area contributed by atoms with E-state index >= 15 is 0 Å². The monoisotopic (exact) mass is 608 g/mol. The summed E-state index contributed by atoms with van der Waals surface area (Å²) < 4.78 is 5.45. The molecule has 3 aliphatic heterocycles. The maximum Gasteiger partial charge on any atom is 0.408 e. The fourth-order valence-corrected chi connectivity index (χ4v) is 6.91. The van der Waals surface area contributed by atoms with Crippen LogP contribution in [-0.4, -0.2) is 87.5 Å². The Labute approximate surface area is 258 Å². The zero-order valence-electron chi connectivity index (χ0n) is 25.8. The van der Waals surface area contributed by atoms with E-state index in [-0.39, 0.29) is 49.6 Å². The van der Waals surface area contributed by atoms with Crippen LogP contribution in [0.4, 0.5) is 4.79 Å². The number of hydrogen-bond donors (Lipinski definition) is 3. The van der Waals surface area contributed by atoms with Crippen LogP contribution >= 0.6 is 0 Å². The van der Waals surface area contributed by atoms with Crippen molar-refractivity contribution < 1.29 is 33.8 Å². The lowest BCUT2D eigenvalue weighted by atomic mass is 9.93. The van der Waals surface area contributed by atoms with Gasteiger partial charge in [0.05, 0.1) is 6.42 Å². The lowest BCUT2D eigenvalue weighted by Crippen LogP contribution is -2.58. The van der Waals surface area contributed by atoms with E-state index in [4.69, 9.17) is 4.74 Å². The summed E-state index contributed by atoms with van der Waals surface area (Å²) in [4.78, 5) is 69.9. The molecule has 4 aliphatic rings. The molecule has 3 N–H and O–H groups in total. The highest BCUT2D eigenvalue weighted by molar-refractivity contribution is 5.96. The number of alkyl carbamates (subject to hydrolysis) is 1. The summed E-state index contributed by atoms with van der Waals surface area (Å²) in [6.45, 7) is 6.14. The summed E-state index contributed by atoms with van der Waals surface area (Å²) in [5.74, 6) is -2.94. The number of hydrogen-bond acceptors (Lipinski definition) is 6. The molecule has 11 nitrogen and oxygen atoms in total. The van der Waals surface area contributed by atoms with Crippen LogP contribution in [0.5, 0.6) is 0 Å². The first-order valence-electron chi connectivity index (χ1n) is 15.7. The van der Waals surface area contributed by atoms with Crippen molar-refractivity contribution in [1.29, 1.82) is 0 Å². The third-order valence-electron chi connectivity index (χ3n) is 9.23. The molecule has 3 heterocycles. The van der Waals surface area contributed by atoms with Gasteiger partial charge in [-0.15, -0.1) is 0 Å². The average Bonchev–Trinajstić information content (AvgIpc) is 3.30. The summed E-state index contributed by atoms with van der Waals surface area (Å²) in [6.07, 6.45) is 7.14. The number of carboxylic acid groups (broad SMARTS) is 1. The lowest BCUT2D eigenvalue weighted by Gasteiger charge is -2.33. The lowest BCUT2D eigenvalue weighted by molar-refractivity contribution is -0.146. The maximum atomic E-state index is 14.2. The predicted molar refractivity (Wildman–Crippen MR) is 161 cm³/mol. The molecule has 0 unspecified atom stereocenters. The van der Waals surface area contributed by atoms with Crippen molar-refractivity contribution in [2.75, 3.05) is 19.6 Å². The molecule has 0 radical (unpaired) electrons. The minimum absolute atomic E-state index is 0.0557. The summed E-state index contributed by atoms with van der Waals surface area (Å²) in [7, 11) is 0. The third kappa shape index (κ3) is 6.92. The number of aliphatic carboxylic acids is 1. The van der Waals surface area contributed by atoms with Crippen LogP contribution in [0.25, 0.3) is 0 Å². The summed E-state index contributed by atoms with van der Waals surface area (Å²) in [6, 6.07) is 7.56. The molecule has 238 valence electrons. The first-order chi connectivity index (χ1) is 20.9. The molecule has 4 amide bonds. The van der Waals surface area contributed by atoms with Crippen molar-refractivity contribution in [3.63, 3.8) is 0 Å². The molecule has 1 aromatic rings. The number of benzene rings is 1. The zero-order valence-corrected chi connectivity index (χ0v) is 25.8. The molecule has 1 aromatic carbocycles. The van der Waals surface area contributed by atoms with Crippen molar-refractivity contribution in [1.82, 2.24) is 20.4 Å². The van der Waals surface area contributed by atoms with Crippen LogP contribution < -0.4 is 10.6 Å². The molecule has 3 fully saturated rings. The van der Waals surface area contributed by atoms with Crippen LogP contribution in [0.2, 0.25) is 0 Å². The van der Waals surface area contributed by atoms with E-state index in [1.54, 1.807) is 25.7 Å². The van der Waals surface area contributed by atoms with E-state index < -0.39 is 47.1 Å². The fourth-order valence-electron chi connectivity index (χ4n) is 6.91. The Bertz CT molecular complexity index is 1310. The average molecular weight is 609 g/mol. The van der Waals surface area contributed by atoms with Crippen molar-refractivity contribution in [3.8, 4) is 0 Å². The molecule has 0 aromatic heterocycles. The van der Waals surface area contributed by atoms with Gasteiger partial charge in [-0.05, 0) is 52.0 Å². The number of ether oxygens (including phenoxy) is 1. The van der Waals surface area contributed by atoms with E-state index in [9.17, 15) is 29.1 Å². The number of nitrogens with one attached hydrogen (secondary N) is 2. The second-order valence-corrected chi connectivity index (χ2v) is 13.7. The number of allylic oxidation sites excluding steroid dienone is 1. The largest absolute Gasteiger partial charge is 0.479 e. The van der Waals surface area contributed by atoms with Gasteiger partial charge in [-0.3, -0.25) is 14.4 Å². The second kappa shape index (κ2) is 12.6. The Morgan fingerprint density at radius 2 is 1.82 bits per heavy atom. The highest BCUT2D eigenvalue weighted by atomic mass is 16.6. The summed E-state index contributed by atoms with van der Waals surface area (Å²) >= 11 is 0. The zero-order chi connectivity index (χ0) is 31.6. The molecular weight excluding hydrogens is 564 g/mol. The molecule has 11 heteroatoms. The third-order valence-corrected chi connectivity index (χ3v) is 9.23. The van der Waals surface area contributed by atoms with Crippen LogP contribution in [0, 0.1) is 17.8 Å². The molecule has 2 saturated heterocycles. The molecule has 5 rings (SSSR count). The number of likely N-dealkylation sites (tertiary alicyclic amines) is 1. The van der Waals surface area contributed by atoms with E-state index in [1.807, 2.05) is 42.5 Å². The van der Waals surface area contributed by atoms with Gasteiger partial charge in [0.2, 0.25) is 17.7 Å². The molecule has 0 spiro atoms. The molecular formula is C33H44N4O7. The minimum atomic E-state index is -1.42. The number of amides is 4. The van der Waals surface area contributed by atoms with Gasteiger partial charge in [-0.25, -0.2) is 9.59 Å². The number of nitrogens with zero attached hydrogens (tertiary/aromatic N) is 2. The van der Waals surface area contributed by atoms with Gasteiger partial charge < -0.3 is 30.3 Å². The van der Waals surface area contributed by atoms with Crippen molar-refractivity contribution >= 4 is 29.8 Å². The van der Waals surface area contributed by atoms with Crippen molar-refractivity contribution in [2.24, 2.45) is 17.8 Å². The van der Waals surface area contributed by atoms with Gasteiger partial charge in [-0.1, -0.05) is 55.3 Å². The fraction of sp³-hybridized carbons (Fsp3) is 0.606. The van der Waals surface area contributed by atoms with E-state index in [2.05, 4.69) is 10.6 Å². The first-order valence-corrected chi connectivity index (χ1v) is 15.7. The van der Waals surface area contributed by atoms with Crippen molar-refractivity contribution in [3.05, 3.63) is 48.0 Å². The topological polar surface area (TPSA) is 145 Å². The Balaban J connectivity index is 1.41. The van der Waals surface area contributed by atoms with E-state index in [1.165, 1.54) is 4.90 Å². The van der Waals surface area contributed by atoms with E-state index in [0.29, 0.717) is 19.4 Å². The minimum Gasteiger partial charge on any atom is -0.479 e. The SMILES string of the molecule is CC(C)(C)OC(=O)N[C@@H]1CCCCC/C=C\[C@@H]2C[C@@]2(C(=O)O)NC(=O)[C@@H]2[C@H]3CN(C(=O)Cc4ccccc4)C[C@H]3CN2C1=O. The Kier molecular flexibility index (Phi) is 9.04. The van der Waals surface area contributed by atoms with Gasteiger partial charge in [0.25, 0.3) is 0 Å². The second-order valence-electron chi connectivity index (χ2n) is 13.7. The van der Waals surface area contributed by atoms with Gasteiger partial charge in [-0.2, -0.15) is 0 Å². The number of fused-ring (bicyclic) bond motifs is 4. The summed E-state index contributed by atoms with van der Waals surface area (Å²) in [5.41, 5.74) is -1.28. The normalized spacial score (nSPS) is 31.4. The first kappa shape index (κ1) is 31.5. The standard InChI is InChI=1S/C33H44N4O7/c1-32(2,3)44-31(43)34-25-15-11-6-4-5-10-14-23-17-33(23,30(41)42)35-28(39)27-24-20-36(18-22(24)19-37(27)29(25)40)26(38)16-21-12-8-7-9-13-21/h7-10,12-14,22-25,27H,4-6,11,15-20H2,1-3H3,(H,34,43)(H,35,39)(H,41,42)/b14-10-/t22-,23+,24-,25+,27-,33+/m0/s1. The Morgan fingerprint density at radius 1 is 1.07 bits per heavy atom. The quantitative estimate of drug-likeness (QED) is 0.446. The molecule has 44 heavy (non-hydrogen) atoms. The molecule has 0 bridgehead atoms. The van der Waals surface area contributed by atoms with Crippen LogP contribution in [0.15, 0.2) is 42.5 Å². The smallest absolute Gasteiger partial charge is 0.408 e. The van der Waals surface area contributed by atoms with Crippen LogP contribution in [0.3, 0.4) is 0 Å². The van der Waals surface area contributed by atoms with Crippen molar-refractivity contribution in [2.45, 2.75) is 88.9 Å². The van der Waals surface area contributed by atoms with Gasteiger partial charge in [0, 0.05) is 37.4 Å². The summed E-state index contributed by atoms with van der Waals surface area (Å²) in [5, 5.41) is 15.7. The molecule has 6 atom stereocenters. The highest BCUT2D eigenvalue weighted by Crippen LogP contribution is 2.46. The predicted octanol–water partition coefficient (Wildman–Crippen LogP) is 2.89.